The van der Waals surface area contributed by atoms with Crippen molar-refractivity contribution in [3.63, 3.8) is 0 Å². The van der Waals surface area contributed by atoms with E-state index >= 15 is 0 Å². The van der Waals surface area contributed by atoms with Gasteiger partial charge in [0, 0.05) is 24.8 Å². The average molecular weight is 260 g/mol. The lowest BCUT2D eigenvalue weighted by atomic mass is 9.77. The molecule has 2 N–H and O–H groups in total. The van der Waals surface area contributed by atoms with Gasteiger partial charge in [0.1, 0.15) is 0 Å². The predicted octanol–water partition coefficient (Wildman–Crippen LogP) is 3.65. The van der Waals surface area contributed by atoms with Crippen LogP contribution < -0.4 is 10.6 Å². The number of nitrogens with zero attached hydrogens (tertiary/aromatic N) is 1. The molecule has 0 spiro atoms. The van der Waals surface area contributed by atoms with E-state index in [4.69, 9.17) is 5.73 Å². The minimum atomic E-state index is -0.0102. The molecule has 106 valence electrons. The number of hydrogen-bond acceptors (Lipinski definition) is 2. The number of benzene rings is 1. The minimum Gasteiger partial charge on any atom is -0.373 e. The van der Waals surface area contributed by atoms with Crippen LogP contribution in [0.1, 0.15) is 43.7 Å². The van der Waals surface area contributed by atoms with E-state index in [1.54, 1.807) is 0 Å². The van der Waals surface area contributed by atoms with E-state index in [1.807, 2.05) is 0 Å². The molecule has 2 unspecified atom stereocenters. The van der Waals surface area contributed by atoms with Crippen LogP contribution in [0.15, 0.2) is 18.2 Å². The topological polar surface area (TPSA) is 29.3 Å². The minimum absolute atomic E-state index is 0.0102. The summed E-state index contributed by atoms with van der Waals surface area (Å²) in [6.45, 7) is 7.62. The Morgan fingerprint density at radius 1 is 1.37 bits per heavy atom. The van der Waals surface area contributed by atoms with Gasteiger partial charge in [-0.15, -0.1) is 0 Å². The molecule has 2 nitrogen and oxygen atoms in total. The first-order chi connectivity index (χ1) is 8.89. The lowest BCUT2D eigenvalue weighted by molar-refractivity contribution is 0.241. The third kappa shape index (κ3) is 3.50. The van der Waals surface area contributed by atoms with Crippen molar-refractivity contribution in [1.82, 2.24) is 0 Å². The maximum absolute atomic E-state index is 6.63. The Bertz CT molecular complexity index is 441. The Hall–Kier alpha value is -1.02. The molecule has 1 fully saturated rings. The van der Waals surface area contributed by atoms with Gasteiger partial charge in [-0.2, -0.15) is 0 Å². The molecule has 2 atom stereocenters. The van der Waals surface area contributed by atoms with E-state index in [1.165, 1.54) is 29.7 Å². The summed E-state index contributed by atoms with van der Waals surface area (Å²) in [6.07, 6.45) is 4.93. The first-order valence-electron chi connectivity index (χ1n) is 7.47. The van der Waals surface area contributed by atoms with Gasteiger partial charge in [0.2, 0.25) is 0 Å². The third-order valence-electron chi connectivity index (χ3n) is 4.44. The first-order valence-corrected chi connectivity index (χ1v) is 7.47. The van der Waals surface area contributed by atoms with E-state index in [9.17, 15) is 0 Å². The van der Waals surface area contributed by atoms with Crippen molar-refractivity contribution < 1.29 is 0 Å². The first kappa shape index (κ1) is 14.4. The summed E-state index contributed by atoms with van der Waals surface area (Å²) in [5.41, 5.74) is 10.6. The number of rotatable bonds is 3. The van der Waals surface area contributed by atoms with Crippen LogP contribution in [0.4, 0.5) is 5.69 Å². The van der Waals surface area contributed by atoms with Crippen molar-refractivity contribution in [3.8, 4) is 0 Å². The molecule has 0 bridgehead atoms. The number of aryl methyl sites for hydroxylation is 2. The SMILES string of the molecule is Cc1ccc(N(C)CC2(N)CCCC(C)C2)c(C)c1. The zero-order valence-electron chi connectivity index (χ0n) is 12.9. The molecule has 1 aromatic rings. The van der Waals surface area contributed by atoms with Crippen molar-refractivity contribution in [2.45, 2.75) is 52.0 Å². The Morgan fingerprint density at radius 3 is 2.74 bits per heavy atom. The molecular formula is C17H28N2. The van der Waals surface area contributed by atoms with Crippen molar-refractivity contribution in [3.05, 3.63) is 29.3 Å². The van der Waals surface area contributed by atoms with Crippen molar-refractivity contribution in [2.75, 3.05) is 18.5 Å². The van der Waals surface area contributed by atoms with Crippen LogP contribution in [0.25, 0.3) is 0 Å². The molecule has 0 amide bonds. The Labute approximate surface area is 118 Å². The number of anilines is 1. The van der Waals surface area contributed by atoms with Gasteiger partial charge in [0.05, 0.1) is 0 Å². The van der Waals surface area contributed by atoms with Crippen LogP contribution in [-0.4, -0.2) is 19.1 Å². The smallest absolute Gasteiger partial charge is 0.0394 e. The third-order valence-corrected chi connectivity index (χ3v) is 4.44. The predicted molar refractivity (Wildman–Crippen MR) is 83.7 cm³/mol. The maximum atomic E-state index is 6.63. The van der Waals surface area contributed by atoms with E-state index in [-0.39, 0.29) is 5.54 Å². The monoisotopic (exact) mass is 260 g/mol. The second-order valence-electron chi connectivity index (χ2n) is 6.71. The van der Waals surface area contributed by atoms with Crippen LogP contribution >= 0.6 is 0 Å². The van der Waals surface area contributed by atoms with E-state index in [2.05, 4.69) is 50.9 Å². The molecule has 1 saturated carbocycles. The summed E-state index contributed by atoms with van der Waals surface area (Å²) in [6, 6.07) is 6.66. The summed E-state index contributed by atoms with van der Waals surface area (Å²) < 4.78 is 0. The van der Waals surface area contributed by atoms with Gasteiger partial charge in [0.25, 0.3) is 0 Å². The number of likely N-dealkylation sites (N-methyl/N-ethyl adjacent to an activating group) is 1. The molecule has 2 rings (SSSR count). The van der Waals surface area contributed by atoms with Crippen molar-refractivity contribution >= 4 is 5.69 Å². The molecule has 0 radical (unpaired) electrons. The van der Waals surface area contributed by atoms with Gasteiger partial charge in [0.15, 0.2) is 0 Å². The lowest BCUT2D eigenvalue weighted by Crippen LogP contribution is -2.52. The van der Waals surface area contributed by atoms with E-state index < -0.39 is 0 Å². The second kappa shape index (κ2) is 5.54. The van der Waals surface area contributed by atoms with Crippen LogP contribution in [-0.2, 0) is 0 Å². The van der Waals surface area contributed by atoms with Gasteiger partial charge >= 0.3 is 0 Å². The average Bonchev–Trinajstić information content (AvgIpc) is 2.27. The van der Waals surface area contributed by atoms with Crippen LogP contribution in [0, 0.1) is 19.8 Å². The van der Waals surface area contributed by atoms with Crippen LogP contribution in [0.5, 0.6) is 0 Å². The Morgan fingerprint density at radius 2 is 2.11 bits per heavy atom. The normalized spacial score (nSPS) is 27.3. The molecule has 2 heteroatoms. The fourth-order valence-corrected chi connectivity index (χ4v) is 3.64. The highest BCUT2D eigenvalue weighted by Crippen LogP contribution is 2.32. The summed E-state index contributed by atoms with van der Waals surface area (Å²) in [4.78, 5) is 2.34. The molecule has 1 aliphatic carbocycles. The zero-order valence-corrected chi connectivity index (χ0v) is 12.9. The largest absolute Gasteiger partial charge is 0.373 e. The van der Waals surface area contributed by atoms with Crippen molar-refractivity contribution in [1.29, 1.82) is 0 Å². The molecule has 1 aromatic carbocycles. The van der Waals surface area contributed by atoms with E-state index in [0.29, 0.717) is 0 Å². The molecule has 0 heterocycles. The number of nitrogens with two attached hydrogens (primary N) is 1. The fraction of sp³-hybridized carbons (Fsp3) is 0.647. The quantitative estimate of drug-likeness (QED) is 0.899. The van der Waals surface area contributed by atoms with Gasteiger partial charge in [-0.1, -0.05) is 37.5 Å². The van der Waals surface area contributed by atoms with Crippen LogP contribution in [0.2, 0.25) is 0 Å². The summed E-state index contributed by atoms with van der Waals surface area (Å²) in [5.74, 6) is 0.770. The summed E-state index contributed by atoms with van der Waals surface area (Å²) >= 11 is 0. The molecular weight excluding hydrogens is 232 g/mol. The second-order valence-corrected chi connectivity index (χ2v) is 6.71. The van der Waals surface area contributed by atoms with Crippen LogP contribution in [0.3, 0.4) is 0 Å². The highest BCUT2D eigenvalue weighted by molar-refractivity contribution is 5.54. The Kier molecular flexibility index (Phi) is 4.19. The summed E-state index contributed by atoms with van der Waals surface area (Å²) in [5, 5.41) is 0. The van der Waals surface area contributed by atoms with Crippen molar-refractivity contribution in [2.24, 2.45) is 11.7 Å². The van der Waals surface area contributed by atoms with Gasteiger partial charge < -0.3 is 10.6 Å². The number of hydrogen-bond donors (Lipinski definition) is 1. The maximum Gasteiger partial charge on any atom is 0.0394 e. The Balaban J connectivity index is 2.09. The lowest BCUT2D eigenvalue weighted by Gasteiger charge is -2.40. The van der Waals surface area contributed by atoms with Gasteiger partial charge in [-0.05, 0) is 44.2 Å². The highest BCUT2D eigenvalue weighted by atomic mass is 15.1. The molecule has 1 aliphatic rings. The van der Waals surface area contributed by atoms with E-state index in [0.717, 1.165) is 25.3 Å². The van der Waals surface area contributed by atoms with Gasteiger partial charge in [-0.25, -0.2) is 0 Å². The summed E-state index contributed by atoms with van der Waals surface area (Å²) in [7, 11) is 2.17. The molecule has 19 heavy (non-hydrogen) atoms. The highest BCUT2D eigenvalue weighted by Gasteiger charge is 2.32. The van der Waals surface area contributed by atoms with Gasteiger partial charge in [-0.3, -0.25) is 0 Å². The molecule has 0 aliphatic heterocycles. The standard InChI is InChI=1S/C17H28N2/c1-13-7-8-16(15(3)10-13)19(4)12-17(18)9-5-6-14(2)11-17/h7-8,10,14H,5-6,9,11-12,18H2,1-4H3. The zero-order chi connectivity index (χ0) is 14.0. The fourth-order valence-electron chi connectivity index (χ4n) is 3.64. The molecule has 0 aromatic heterocycles. The molecule has 0 saturated heterocycles.